The molecule has 1 N–H and O–H groups in total. The summed E-state index contributed by atoms with van der Waals surface area (Å²) in [6.45, 7) is 1.13. The number of hydrogen-bond acceptors (Lipinski definition) is 7. The molecule has 1 aromatic carbocycles. The average molecular weight is 409 g/mol. The third-order valence-electron chi connectivity index (χ3n) is 4.93. The van der Waals surface area contributed by atoms with Gasteiger partial charge in [0, 0.05) is 24.4 Å². The van der Waals surface area contributed by atoms with Crippen LogP contribution in [0.1, 0.15) is 23.3 Å². The molecule has 0 saturated carbocycles. The zero-order valence-electron chi connectivity index (χ0n) is 16.9. The van der Waals surface area contributed by atoms with Crippen molar-refractivity contribution in [2.75, 3.05) is 27.3 Å². The number of rotatable bonds is 6. The highest BCUT2D eigenvalue weighted by Crippen LogP contribution is 2.29. The number of nitrogens with one attached hydrogen (secondary N) is 1. The first kappa shape index (κ1) is 19.7. The molecule has 30 heavy (non-hydrogen) atoms. The number of carbonyl (C=O) groups excluding carboxylic acids is 1. The van der Waals surface area contributed by atoms with Crippen molar-refractivity contribution >= 4 is 5.91 Å². The highest BCUT2D eigenvalue weighted by atomic mass is 16.5. The monoisotopic (exact) mass is 409 g/mol. The van der Waals surface area contributed by atoms with E-state index in [1.807, 2.05) is 24.3 Å². The standard InChI is InChI=1S/C21H23N5O4/c1-28-18-8-4-3-7-15(18)16-12-17(25-24-16)20(27)26-11-5-6-14(13-26)30-19-9-10-22-21(23-19)29-2/h3-4,7-10,12,14H,5-6,11,13H2,1-2H3,(H,24,25). The second-order valence-electron chi connectivity index (χ2n) is 6.88. The van der Waals surface area contributed by atoms with Gasteiger partial charge in [0.1, 0.15) is 17.5 Å². The van der Waals surface area contributed by atoms with E-state index in [1.165, 1.54) is 7.11 Å². The van der Waals surface area contributed by atoms with Crippen LogP contribution in [-0.2, 0) is 0 Å². The minimum Gasteiger partial charge on any atom is -0.496 e. The number of piperidine rings is 1. The first-order valence-electron chi connectivity index (χ1n) is 9.69. The van der Waals surface area contributed by atoms with Crippen molar-refractivity contribution in [2.24, 2.45) is 0 Å². The molecule has 1 fully saturated rings. The number of carbonyl (C=O) groups is 1. The van der Waals surface area contributed by atoms with Gasteiger partial charge in [-0.2, -0.15) is 10.1 Å². The predicted octanol–water partition coefficient (Wildman–Crippen LogP) is 2.57. The summed E-state index contributed by atoms with van der Waals surface area (Å²) in [5, 5.41) is 7.16. The van der Waals surface area contributed by atoms with Crippen molar-refractivity contribution < 1.29 is 19.0 Å². The molecular weight excluding hydrogens is 386 g/mol. The van der Waals surface area contributed by atoms with E-state index in [9.17, 15) is 4.79 Å². The summed E-state index contributed by atoms with van der Waals surface area (Å²) in [4.78, 5) is 22.9. The lowest BCUT2D eigenvalue weighted by atomic mass is 10.1. The number of aromatic amines is 1. The summed E-state index contributed by atoms with van der Waals surface area (Å²) in [6.07, 6.45) is 3.10. The summed E-state index contributed by atoms with van der Waals surface area (Å²) < 4.78 is 16.4. The van der Waals surface area contributed by atoms with Crippen LogP contribution in [0, 0.1) is 0 Å². The summed E-state index contributed by atoms with van der Waals surface area (Å²) in [6, 6.07) is 11.2. The van der Waals surface area contributed by atoms with Crippen molar-refractivity contribution in [1.82, 2.24) is 25.1 Å². The quantitative estimate of drug-likeness (QED) is 0.667. The Morgan fingerprint density at radius 2 is 2.07 bits per heavy atom. The summed E-state index contributed by atoms with van der Waals surface area (Å²) >= 11 is 0. The number of amides is 1. The van der Waals surface area contributed by atoms with Gasteiger partial charge in [0.05, 0.1) is 26.5 Å². The largest absolute Gasteiger partial charge is 0.496 e. The molecule has 1 saturated heterocycles. The third kappa shape index (κ3) is 4.19. The molecule has 1 aliphatic rings. The Labute approximate surface area is 174 Å². The fourth-order valence-electron chi connectivity index (χ4n) is 3.47. The first-order valence-corrected chi connectivity index (χ1v) is 9.69. The Morgan fingerprint density at radius 3 is 2.90 bits per heavy atom. The lowest BCUT2D eigenvalue weighted by molar-refractivity contribution is 0.0520. The normalized spacial score (nSPS) is 16.2. The van der Waals surface area contributed by atoms with Gasteiger partial charge in [-0.3, -0.25) is 9.89 Å². The van der Waals surface area contributed by atoms with Crippen LogP contribution in [0.4, 0.5) is 0 Å². The average Bonchev–Trinajstić information content (AvgIpc) is 3.29. The molecule has 0 spiro atoms. The summed E-state index contributed by atoms with van der Waals surface area (Å²) in [7, 11) is 3.11. The Kier molecular flexibility index (Phi) is 5.78. The molecule has 3 aromatic rings. The molecule has 9 heteroatoms. The molecule has 4 rings (SSSR count). The number of aromatic nitrogens is 4. The number of methoxy groups -OCH3 is 2. The smallest absolute Gasteiger partial charge is 0.319 e. The molecule has 0 aliphatic carbocycles. The lowest BCUT2D eigenvalue weighted by Crippen LogP contribution is -2.44. The van der Waals surface area contributed by atoms with Crippen LogP contribution in [0.3, 0.4) is 0 Å². The van der Waals surface area contributed by atoms with Crippen LogP contribution in [0.2, 0.25) is 0 Å². The lowest BCUT2D eigenvalue weighted by Gasteiger charge is -2.32. The van der Waals surface area contributed by atoms with Crippen molar-refractivity contribution in [1.29, 1.82) is 0 Å². The summed E-state index contributed by atoms with van der Waals surface area (Å²) in [5.74, 6) is 1.02. The van der Waals surface area contributed by atoms with E-state index >= 15 is 0 Å². The number of benzene rings is 1. The number of nitrogens with zero attached hydrogens (tertiary/aromatic N) is 4. The van der Waals surface area contributed by atoms with Gasteiger partial charge in [0.15, 0.2) is 0 Å². The third-order valence-corrected chi connectivity index (χ3v) is 4.93. The number of ether oxygens (including phenoxy) is 3. The van der Waals surface area contributed by atoms with Gasteiger partial charge >= 0.3 is 6.01 Å². The molecule has 1 aliphatic heterocycles. The molecule has 0 bridgehead atoms. The molecule has 156 valence electrons. The number of para-hydroxylation sites is 1. The van der Waals surface area contributed by atoms with E-state index in [1.54, 1.807) is 30.3 Å². The van der Waals surface area contributed by atoms with E-state index in [2.05, 4.69) is 20.2 Å². The van der Waals surface area contributed by atoms with Gasteiger partial charge < -0.3 is 19.1 Å². The van der Waals surface area contributed by atoms with Crippen molar-refractivity contribution in [3.05, 3.63) is 48.3 Å². The van der Waals surface area contributed by atoms with Crippen LogP contribution >= 0.6 is 0 Å². The van der Waals surface area contributed by atoms with Gasteiger partial charge in [0.2, 0.25) is 5.88 Å². The molecule has 2 aromatic heterocycles. The molecule has 1 atom stereocenters. The number of H-pyrrole nitrogens is 1. The Morgan fingerprint density at radius 1 is 1.20 bits per heavy atom. The SMILES string of the molecule is COc1nccc(OC2CCCN(C(=O)c3cc(-c4ccccc4OC)n[nH]3)C2)n1. The highest BCUT2D eigenvalue weighted by molar-refractivity contribution is 5.93. The number of likely N-dealkylation sites (tertiary alicyclic amines) is 1. The van der Waals surface area contributed by atoms with Crippen LogP contribution in [0.5, 0.6) is 17.6 Å². The molecule has 9 nitrogen and oxygen atoms in total. The zero-order chi connectivity index (χ0) is 20.9. The Balaban J connectivity index is 1.45. The number of hydrogen-bond donors (Lipinski definition) is 1. The maximum Gasteiger partial charge on any atom is 0.319 e. The molecule has 3 heterocycles. The van der Waals surface area contributed by atoms with Crippen LogP contribution in [-0.4, -0.2) is 64.4 Å². The van der Waals surface area contributed by atoms with E-state index in [-0.39, 0.29) is 18.0 Å². The van der Waals surface area contributed by atoms with Crippen molar-refractivity contribution in [2.45, 2.75) is 18.9 Å². The van der Waals surface area contributed by atoms with E-state index < -0.39 is 0 Å². The van der Waals surface area contributed by atoms with Gasteiger partial charge in [-0.15, -0.1) is 0 Å². The first-order chi connectivity index (χ1) is 14.7. The summed E-state index contributed by atoms with van der Waals surface area (Å²) in [5.41, 5.74) is 1.92. The zero-order valence-corrected chi connectivity index (χ0v) is 16.9. The Hall–Kier alpha value is -3.62. The fourth-order valence-corrected chi connectivity index (χ4v) is 3.47. The fraction of sp³-hybridized carbons (Fsp3) is 0.333. The van der Waals surface area contributed by atoms with Crippen LogP contribution in [0.25, 0.3) is 11.3 Å². The van der Waals surface area contributed by atoms with E-state index in [0.717, 1.165) is 18.4 Å². The predicted molar refractivity (Wildman–Crippen MR) is 109 cm³/mol. The molecule has 1 unspecified atom stereocenters. The van der Waals surface area contributed by atoms with Gasteiger partial charge in [-0.1, -0.05) is 12.1 Å². The van der Waals surface area contributed by atoms with Crippen LogP contribution < -0.4 is 14.2 Å². The Bertz CT molecular complexity index is 1020. The van der Waals surface area contributed by atoms with Crippen LogP contribution in [0.15, 0.2) is 42.6 Å². The van der Waals surface area contributed by atoms with Crippen molar-refractivity contribution in [3.8, 4) is 28.9 Å². The topological polar surface area (TPSA) is 102 Å². The minimum atomic E-state index is -0.154. The minimum absolute atomic E-state index is 0.114. The maximum absolute atomic E-state index is 13.0. The molecule has 1 amide bonds. The van der Waals surface area contributed by atoms with E-state index in [0.29, 0.717) is 36.1 Å². The van der Waals surface area contributed by atoms with Gasteiger partial charge in [-0.05, 0) is 31.0 Å². The van der Waals surface area contributed by atoms with Gasteiger partial charge in [0.25, 0.3) is 5.91 Å². The maximum atomic E-state index is 13.0. The molecule has 0 radical (unpaired) electrons. The van der Waals surface area contributed by atoms with Crippen molar-refractivity contribution in [3.63, 3.8) is 0 Å². The second-order valence-corrected chi connectivity index (χ2v) is 6.88. The van der Waals surface area contributed by atoms with Gasteiger partial charge in [-0.25, -0.2) is 4.98 Å². The second kappa shape index (κ2) is 8.81. The molecular formula is C21H23N5O4. The highest BCUT2D eigenvalue weighted by Gasteiger charge is 2.27. The van der Waals surface area contributed by atoms with E-state index in [4.69, 9.17) is 14.2 Å².